The van der Waals surface area contributed by atoms with Gasteiger partial charge in [0, 0.05) is 16.5 Å². The van der Waals surface area contributed by atoms with Crippen molar-refractivity contribution in [2.75, 3.05) is 5.75 Å². The molecule has 0 amide bonds. The van der Waals surface area contributed by atoms with Gasteiger partial charge in [-0.2, -0.15) is 13.2 Å². The van der Waals surface area contributed by atoms with Gasteiger partial charge in [-0.3, -0.25) is 9.78 Å². The molecule has 2 rings (SSSR count). The van der Waals surface area contributed by atoms with E-state index >= 15 is 0 Å². The number of fused-ring (bicyclic) bond motifs is 1. The van der Waals surface area contributed by atoms with Crippen molar-refractivity contribution in [3.8, 4) is 0 Å². The number of carbonyl (C=O) groups is 1. The molecule has 2 nitrogen and oxygen atoms in total. The zero-order chi connectivity index (χ0) is 14.0. The standard InChI is InChI=1S/C13H10F3NOS/c1-8(18)7-19-12-4-5-17-11-6-9(13(14,15)16)2-3-10(11)12/h2-6H,7H2,1H3. The summed E-state index contributed by atoms with van der Waals surface area (Å²) >= 11 is 1.30. The van der Waals surface area contributed by atoms with Crippen molar-refractivity contribution in [3.05, 3.63) is 36.0 Å². The van der Waals surface area contributed by atoms with Crippen LogP contribution in [0.2, 0.25) is 0 Å². The average molecular weight is 285 g/mol. The number of aromatic nitrogens is 1. The summed E-state index contributed by atoms with van der Waals surface area (Å²) < 4.78 is 37.8. The lowest BCUT2D eigenvalue weighted by Gasteiger charge is -2.09. The largest absolute Gasteiger partial charge is 0.416 e. The number of nitrogens with zero attached hydrogens (tertiary/aromatic N) is 1. The molecule has 0 aliphatic rings. The van der Waals surface area contributed by atoms with Crippen LogP contribution in [0.3, 0.4) is 0 Å². The number of hydrogen-bond acceptors (Lipinski definition) is 3. The Morgan fingerprint density at radius 2 is 2.05 bits per heavy atom. The summed E-state index contributed by atoms with van der Waals surface area (Å²) in [6.45, 7) is 1.47. The number of halogens is 3. The van der Waals surface area contributed by atoms with E-state index in [1.807, 2.05) is 0 Å². The van der Waals surface area contributed by atoms with E-state index in [0.717, 1.165) is 17.0 Å². The molecule has 0 saturated carbocycles. The van der Waals surface area contributed by atoms with Gasteiger partial charge in [0.05, 0.1) is 16.8 Å². The van der Waals surface area contributed by atoms with E-state index in [2.05, 4.69) is 4.98 Å². The lowest BCUT2D eigenvalue weighted by molar-refractivity contribution is -0.137. The topological polar surface area (TPSA) is 30.0 Å². The van der Waals surface area contributed by atoms with Crippen LogP contribution in [0.5, 0.6) is 0 Å². The lowest BCUT2D eigenvalue weighted by Crippen LogP contribution is -2.04. The highest BCUT2D eigenvalue weighted by atomic mass is 32.2. The van der Waals surface area contributed by atoms with Gasteiger partial charge in [-0.05, 0) is 25.1 Å². The zero-order valence-corrected chi connectivity index (χ0v) is 10.8. The number of hydrogen-bond donors (Lipinski definition) is 0. The van der Waals surface area contributed by atoms with Gasteiger partial charge in [-0.15, -0.1) is 11.8 Å². The molecule has 1 aromatic heterocycles. The van der Waals surface area contributed by atoms with Gasteiger partial charge >= 0.3 is 6.18 Å². The van der Waals surface area contributed by atoms with Gasteiger partial charge in [0.2, 0.25) is 0 Å². The normalized spacial score (nSPS) is 11.8. The van der Waals surface area contributed by atoms with Crippen LogP contribution in [-0.2, 0) is 11.0 Å². The van der Waals surface area contributed by atoms with Crippen molar-refractivity contribution < 1.29 is 18.0 Å². The Labute approximate surface area is 112 Å². The van der Waals surface area contributed by atoms with Crippen molar-refractivity contribution in [3.63, 3.8) is 0 Å². The Bertz CT molecular complexity index is 625. The third-order valence-electron chi connectivity index (χ3n) is 2.46. The Balaban J connectivity index is 2.44. The van der Waals surface area contributed by atoms with Crippen LogP contribution in [0.15, 0.2) is 35.4 Å². The Hall–Kier alpha value is -1.56. The van der Waals surface area contributed by atoms with Crippen LogP contribution in [0.4, 0.5) is 13.2 Å². The number of Topliss-reactive ketones (excluding diaryl/α,β-unsaturated/α-hetero) is 1. The molecule has 6 heteroatoms. The van der Waals surface area contributed by atoms with Crippen LogP contribution in [-0.4, -0.2) is 16.5 Å². The molecule has 2 aromatic rings. The highest BCUT2D eigenvalue weighted by Crippen LogP contribution is 2.33. The molecule has 0 N–H and O–H groups in total. The Kier molecular flexibility index (Phi) is 3.80. The summed E-state index contributed by atoms with van der Waals surface area (Å²) in [6.07, 6.45) is -2.93. The van der Waals surface area contributed by atoms with Gasteiger partial charge in [0.15, 0.2) is 0 Å². The number of benzene rings is 1. The SMILES string of the molecule is CC(=O)CSc1ccnc2cc(C(F)(F)F)ccc12. The predicted molar refractivity (Wildman–Crippen MR) is 68.2 cm³/mol. The molecule has 0 saturated heterocycles. The van der Waals surface area contributed by atoms with E-state index in [4.69, 9.17) is 0 Å². The van der Waals surface area contributed by atoms with E-state index in [-0.39, 0.29) is 11.3 Å². The summed E-state index contributed by atoms with van der Waals surface area (Å²) in [5.74, 6) is 0.307. The summed E-state index contributed by atoms with van der Waals surface area (Å²) in [6, 6.07) is 5.14. The quantitative estimate of drug-likeness (QED) is 0.800. The summed E-state index contributed by atoms with van der Waals surface area (Å²) in [5, 5.41) is 0.627. The molecule has 0 fully saturated rings. The second kappa shape index (κ2) is 5.21. The molecular weight excluding hydrogens is 275 g/mol. The predicted octanol–water partition coefficient (Wildman–Crippen LogP) is 3.93. The fourth-order valence-corrected chi connectivity index (χ4v) is 2.45. The first-order valence-corrected chi connectivity index (χ1v) is 6.44. The number of pyridine rings is 1. The first-order chi connectivity index (χ1) is 8.88. The molecule has 0 bridgehead atoms. The first kappa shape index (κ1) is 13.9. The summed E-state index contributed by atoms with van der Waals surface area (Å²) in [5.41, 5.74) is -0.440. The molecule has 19 heavy (non-hydrogen) atoms. The maximum absolute atomic E-state index is 12.6. The highest BCUT2D eigenvalue weighted by Gasteiger charge is 2.30. The monoisotopic (exact) mass is 285 g/mol. The first-order valence-electron chi connectivity index (χ1n) is 5.46. The van der Waals surface area contributed by atoms with E-state index in [1.54, 1.807) is 6.07 Å². The van der Waals surface area contributed by atoms with Gasteiger partial charge < -0.3 is 0 Å². The fraction of sp³-hybridized carbons (Fsp3) is 0.231. The van der Waals surface area contributed by atoms with Crippen LogP contribution in [0, 0.1) is 0 Å². The second-order valence-corrected chi connectivity index (χ2v) is 5.05. The van der Waals surface area contributed by atoms with Crippen molar-refractivity contribution >= 4 is 28.4 Å². The molecule has 0 aliphatic carbocycles. The molecule has 1 heterocycles. The number of thioether (sulfide) groups is 1. The Morgan fingerprint density at radius 1 is 1.32 bits per heavy atom. The van der Waals surface area contributed by atoms with E-state index < -0.39 is 11.7 Å². The minimum Gasteiger partial charge on any atom is -0.299 e. The number of rotatable bonds is 3. The Morgan fingerprint density at radius 3 is 2.68 bits per heavy atom. The molecule has 0 radical (unpaired) electrons. The van der Waals surface area contributed by atoms with Gasteiger partial charge in [0.25, 0.3) is 0 Å². The highest BCUT2D eigenvalue weighted by molar-refractivity contribution is 8.00. The molecule has 0 aliphatic heterocycles. The van der Waals surface area contributed by atoms with Gasteiger partial charge in [-0.25, -0.2) is 0 Å². The maximum Gasteiger partial charge on any atom is 0.416 e. The van der Waals surface area contributed by atoms with Crippen molar-refractivity contribution in [1.82, 2.24) is 4.98 Å². The zero-order valence-electron chi connectivity index (χ0n) is 9.99. The minimum atomic E-state index is -4.38. The lowest BCUT2D eigenvalue weighted by atomic mass is 10.1. The van der Waals surface area contributed by atoms with Crippen LogP contribution < -0.4 is 0 Å². The summed E-state index contributed by atoms with van der Waals surface area (Å²) in [7, 11) is 0. The molecular formula is C13H10F3NOS. The fourth-order valence-electron chi connectivity index (χ4n) is 1.60. The van der Waals surface area contributed by atoms with Gasteiger partial charge in [0.1, 0.15) is 5.78 Å². The molecule has 1 aromatic carbocycles. The average Bonchev–Trinajstić information content (AvgIpc) is 2.34. The smallest absolute Gasteiger partial charge is 0.299 e. The number of alkyl halides is 3. The number of carbonyl (C=O) groups excluding carboxylic acids is 1. The third-order valence-corrected chi connectivity index (χ3v) is 3.68. The molecule has 0 atom stereocenters. The molecule has 0 unspecified atom stereocenters. The van der Waals surface area contributed by atoms with Crippen molar-refractivity contribution in [2.24, 2.45) is 0 Å². The number of ketones is 1. The van der Waals surface area contributed by atoms with Crippen LogP contribution in [0.1, 0.15) is 12.5 Å². The second-order valence-electron chi connectivity index (χ2n) is 4.03. The van der Waals surface area contributed by atoms with E-state index in [1.165, 1.54) is 30.9 Å². The maximum atomic E-state index is 12.6. The molecule has 0 spiro atoms. The van der Waals surface area contributed by atoms with E-state index in [0.29, 0.717) is 11.1 Å². The minimum absolute atomic E-state index is 0.0156. The van der Waals surface area contributed by atoms with Crippen molar-refractivity contribution in [1.29, 1.82) is 0 Å². The third kappa shape index (κ3) is 3.26. The van der Waals surface area contributed by atoms with Gasteiger partial charge in [-0.1, -0.05) is 6.07 Å². The summed E-state index contributed by atoms with van der Waals surface area (Å²) in [4.78, 5) is 15.7. The molecule has 100 valence electrons. The van der Waals surface area contributed by atoms with Crippen LogP contribution >= 0.6 is 11.8 Å². The van der Waals surface area contributed by atoms with Crippen LogP contribution in [0.25, 0.3) is 10.9 Å². The van der Waals surface area contributed by atoms with E-state index in [9.17, 15) is 18.0 Å². The van der Waals surface area contributed by atoms with Crippen molar-refractivity contribution in [2.45, 2.75) is 18.0 Å².